The highest BCUT2D eigenvalue weighted by atomic mass is 16.1. The second-order valence-electron chi connectivity index (χ2n) is 10.9. The lowest BCUT2D eigenvalue weighted by Gasteiger charge is -2.55. The molecule has 0 saturated heterocycles. The zero-order chi connectivity index (χ0) is 20.4. The Morgan fingerprint density at radius 3 is 2.28 bits per heavy atom. The predicted octanol–water partition coefficient (Wildman–Crippen LogP) is 4.70. The van der Waals surface area contributed by atoms with Gasteiger partial charge in [-0.1, -0.05) is 6.07 Å². The lowest BCUT2D eigenvalue weighted by Crippen LogP contribution is -2.50. The van der Waals surface area contributed by atoms with E-state index in [1.165, 1.54) is 31.7 Å². The van der Waals surface area contributed by atoms with Gasteiger partial charge in [0.15, 0.2) is 5.78 Å². The highest BCUT2D eigenvalue weighted by Crippen LogP contribution is 2.60. The van der Waals surface area contributed by atoms with Gasteiger partial charge in [0.05, 0.1) is 0 Å². The third-order valence-corrected chi connectivity index (χ3v) is 7.66. The van der Waals surface area contributed by atoms with Gasteiger partial charge in [-0.15, -0.1) is 0 Å². The first-order valence-corrected chi connectivity index (χ1v) is 11.2. The lowest BCUT2D eigenvalue weighted by molar-refractivity contribution is -0.138. The summed E-state index contributed by atoms with van der Waals surface area (Å²) in [6.45, 7) is 5.88. The van der Waals surface area contributed by atoms with Crippen molar-refractivity contribution in [1.29, 1.82) is 0 Å². The number of anilines is 1. The molecule has 0 atom stereocenters. The van der Waals surface area contributed by atoms with Gasteiger partial charge in [0.2, 0.25) is 5.91 Å². The van der Waals surface area contributed by atoms with Gasteiger partial charge in [0, 0.05) is 40.9 Å². The van der Waals surface area contributed by atoms with Crippen LogP contribution in [0.4, 0.5) is 5.69 Å². The van der Waals surface area contributed by atoms with E-state index in [1.807, 2.05) is 18.2 Å². The first-order chi connectivity index (χ1) is 13.7. The van der Waals surface area contributed by atoms with Crippen molar-refractivity contribution in [3.63, 3.8) is 0 Å². The largest absolute Gasteiger partial charge is 0.379 e. The SMILES string of the molecule is CC(=O)Nc1ccc2c(c1)/C(=C/C(=O)C13CC4CC(CC(C4)C1)C3)NC(C)(C)C2. The number of amides is 1. The third kappa shape index (κ3) is 3.41. The number of fused-ring (bicyclic) bond motifs is 1. The van der Waals surface area contributed by atoms with Gasteiger partial charge in [-0.25, -0.2) is 0 Å². The van der Waals surface area contributed by atoms with Crippen molar-refractivity contribution in [2.24, 2.45) is 23.2 Å². The van der Waals surface area contributed by atoms with Gasteiger partial charge in [0.25, 0.3) is 0 Å². The molecular formula is C25H32N2O2. The van der Waals surface area contributed by atoms with Crippen molar-refractivity contribution >= 4 is 23.1 Å². The van der Waals surface area contributed by atoms with Crippen LogP contribution in [0, 0.1) is 23.2 Å². The highest BCUT2D eigenvalue weighted by molar-refractivity contribution is 6.01. The predicted molar refractivity (Wildman–Crippen MR) is 115 cm³/mol. The summed E-state index contributed by atoms with van der Waals surface area (Å²) in [5, 5.41) is 6.50. The molecule has 4 saturated carbocycles. The number of allylic oxidation sites excluding steroid dienone is 1. The first kappa shape index (κ1) is 18.9. The number of rotatable bonds is 3. The van der Waals surface area contributed by atoms with Crippen molar-refractivity contribution in [3.05, 3.63) is 35.4 Å². The number of hydrogen-bond donors (Lipinski definition) is 2. The molecule has 1 aromatic rings. The normalized spacial score (nSPS) is 35.1. The Kier molecular flexibility index (Phi) is 4.20. The number of nitrogens with one attached hydrogen (secondary N) is 2. The van der Waals surface area contributed by atoms with Crippen LogP contribution in [0.15, 0.2) is 24.3 Å². The van der Waals surface area contributed by atoms with Crippen LogP contribution in [0.5, 0.6) is 0 Å². The molecule has 4 bridgehead atoms. The Morgan fingerprint density at radius 1 is 1.07 bits per heavy atom. The molecule has 1 heterocycles. The van der Waals surface area contributed by atoms with E-state index in [2.05, 4.69) is 30.5 Å². The summed E-state index contributed by atoms with van der Waals surface area (Å²) in [6.07, 6.45) is 10.1. The molecule has 0 spiro atoms. The number of benzene rings is 1. The minimum atomic E-state index is -0.125. The maximum atomic E-state index is 13.7. The quantitative estimate of drug-likeness (QED) is 0.734. The molecule has 0 radical (unpaired) electrons. The maximum Gasteiger partial charge on any atom is 0.221 e. The third-order valence-electron chi connectivity index (χ3n) is 7.66. The second kappa shape index (κ2) is 6.45. The monoisotopic (exact) mass is 392 g/mol. The van der Waals surface area contributed by atoms with Gasteiger partial charge in [-0.05, 0) is 94.2 Å². The first-order valence-electron chi connectivity index (χ1n) is 11.2. The Bertz CT molecular complexity index is 876. The topological polar surface area (TPSA) is 58.2 Å². The molecule has 6 rings (SSSR count). The standard InChI is InChI=1S/C25H32N2O2/c1-15(28)26-20-5-4-19-14-24(2,3)27-22(21(19)9-20)10-23(29)25-11-16-6-17(12-25)8-18(7-16)13-25/h4-5,9-10,16-18,27H,6-8,11-14H2,1-3H3,(H,26,28)/b22-10-. The molecule has 5 aliphatic rings. The summed E-state index contributed by atoms with van der Waals surface area (Å²) in [7, 11) is 0. The van der Waals surface area contributed by atoms with Crippen LogP contribution in [-0.4, -0.2) is 17.2 Å². The van der Waals surface area contributed by atoms with Gasteiger partial charge < -0.3 is 10.6 Å². The Morgan fingerprint density at radius 2 is 1.69 bits per heavy atom. The molecule has 4 nitrogen and oxygen atoms in total. The molecular weight excluding hydrogens is 360 g/mol. The Hall–Kier alpha value is -2.10. The molecule has 154 valence electrons. The Labute approximate surface area is 173 Å². The number of carbonyl (C=O) groups is 2. The van der Waals surface area contributed by atoms with Crippen LogP contribution in [0.2, 0.25) is 0 Å². The van der Waals surface area contributed by atoms with E-state index in [0.29, 0.717) is 5.78 Å². The van der Waals surface area contributed by atoms with E-state index >= 15 is 0 Å². The maximum absolute atomic E-state index is 13.7. The van der Waals surface area contributed by atoms with E-state index < -0.39 is 0 Å². The highest BCUT2D eigenvalue weighted by Gasteiger charge is 2.54. The van der Waals surface area contributed by atoms with Crippen LogP contribution < -0.4 is 10.6 Å². The number of ketones is 1. The molecule has 0 aromatic heterocycles. The van der Waals surface area contributed by atoms with Crippen LogP contribution in [0.3, 0.4) is 0 Å². The van der Waals surface area contributed by atoms with Crippen LogP contribution in [0.25, 0.3) is 5.70 Å². The van der Waals surface area contributed by atoms with E-state index in [4.69, 9.17) is 0 Å². The summed E-state index contributed by atoms with van der Waals surface area (Å²) in [4.78, 5) is 25.2. The molecule has 1 aliphatic heterocycles. The van der Waals surface area contributed by atoms with Crippen molar-refractivity contribution < 1.29 is 9.59 Å². The molecule has 29 heavy (non-hydrogen) atoms. The minimum absolute atomic E-state index is 0.0794. The van der Waals surface area contributed by atoms with Gasteiger partial charge in [-0.2, -0.15) is 0 Å². The summed E-state index contributed by atoms with van der Waals surface area (Å²) >= 11 is 0. The molecule has 4 fully saturated rings. The Balaban J connectivity index is 1.51. The van der Waals surface area contributed by atoms with Crippen molar-refractivity contribution in [2.75, 3.05) is 5.32 Å². The average molecular weight is 393 g/mol. The van der Waals surface area contributed by atoms with Crippen molar-refractivity contribution in [3.8, 4) is 0 Å². The van der Waals surface area contributed by atoms with E-state index in [9.17, 15) is 9.59 Å². The van der Waals surface area contributed by atoms with Crippen LogP contribution in [-0.2, 0) is 16.0 Å². The molecule has 0 unspecified atom stereocenters. The summed E-state index contributed by atoms with van der Waals surface area (Å²) in [5.41, 5.74) is 3.76. The smallest absolute Gasteiger partial charge is 0.221 e. The minimum Gasteiger partial charge on any atom is -0.379 e. The van der Waals surface area contributed by atoms with Crippen LogP contribution >= 0.6 is 0 Å². The number of hydrogen-bond acceptors (Lipinski definition) is 3. The second-order valence-corrected chi connectivity index (χ2v) is 10.9. The summed E-state index contributed by atoms with van der Waals surface area (Å²) in [6, 6.07) is 6.06. The fourth-order valence-corrected chi connectivity index (χ4v) is 7.03. The van der Waals surface area contributed by atoms with Crippen LogP contribution in [0.1, 0.15) is 70.4 Å². The van der Waals surface area contributed by atoms with E-state index in [0.717, 1.165) is 60.4 Å². The molecule has 4 aliphatic carbocycles. The zero-order valence-corrected chi connectivity index (χ0v) is 17.8. The van der Waals surface area contributed by atoms with Crippen molar-refractivity contribution in [2.45, 2.75) is 71.3 Å². The van der Waals surface area contributed by atoms with E-state index in [1.54, 1.807) is 0 Å². The molecule has 2 N–H and O–H groups in total. The fraction of sp³-hybridized carbons (Fsp3) is 0.600. The molecule has 4 heteroatoms. The molecule has 1 amide bonds. The summed E-state index contributed by atoms with van der Waals surface area (Å²) < 4.78 is 0. The van der Waals surface area contributed by atoms with Gasteiger partial charge >= 0.3 is 0 Å². The van der Waals surface area contributed by atoms with E-state index in [-0.39, 0.29) is 16.9 Å². The lowest BCUT2D eigenvalue weighted by atomic mass is 9.48. The molecule has 1 aromatic carbocycles. The average Bonchev–Trinajstić information content (AvgIpc) is 2.60. The van der Waals surface area contributed by atoms with Gasteiger partial charge in [-0.3, -0.25) is 9.59 Å². The van der Waals surface area contributed by atoms with Crippen molar-refractivity contribution in [1.82, 2.24) is 5.32 Å². The summed E-state index contributed by atoms with van der Waals surface area (Å²) in [5.74, 6) is 2.53. The number of carbonyl (C=O) groups excluding carboxylic acids is 2. The fourth-order valence-electron chi connectivity index (χ4n) is 7.03. The van der Waals surface area contributed by atoms with Gasteiger partial charge in [0.1, 0.15) is 0 Å². The zero-order valence-electron chi connectivity index (χ0n) is 17.8.